The van der Waals surface area contributed by atoms with Gasteiger partial charge >= 0.3 is 0 Å². The number of rotatable bonds is 3. The van der Waals surface area contributed by atoms with E-state index in [-0.39, 0.29) is 0 Å². The molecule has 0 aliphatic rings. The quantitative estimate of drug-likeness (QED) is 0.769. The fourth-order valence-corrected chi connectivity index (χ4v) is 1.56. The normalized spacial score (nSPS) is 10.2. The minimum absolute atomic E-state index is 0.367. The third-order valence-electron chi connectivity index (χ3n) is 2.08. The van der Waals surface area contributed by atoms with E-state index >= 15 is 0 Å². The number of methoxy groups -OCH3 is 3. The fourth-order valence-electron chi connectivity index (χ4n) is 1.27. The molecule has 0 amide bonds. The van der Waals surface area contributed by atoms with Gasteiger partial charge in [0, 0.05) is 17.4 Å². The standard InChI is InChI=1S/C12H14O5S/c1-15-9-7-11(16-2)10(12(8-9)17-3)5-6-18(4,13)14/h7-8H,1-4H3. The van der Waals surface area contributed by atoms with Gasteiger partial charge in [-0.25, -0.2) is 8.42 Å². The lowest BCUT2D eigenvalue weighted by Crippen LogP contribution is -1.96. The molecule has 1 rings (SSSR count). The molecule has 0 heterocycles. The molecule has 0 unspecified atom stereocenters. The van der Waals surface area contributed by atoms with Crippen molar-refractivity contribution in [2.45, 2.75) is 0 Å². The first-order chi connectivity index (χ1) is 8.41. The minimum atomic E-state index is -3.39. The Morgan fingerprint density at radius 1 is 1.00 bits per heavy atom. The van der Waals surface area contributed by atoms with Gasteiger partial charge in [0.2, 0.25) is 9.84 Å². The summed E-state index contributed by atoms with van der Waals surface area (Å²) in [7, 11) is 1.03. The summed E-state index contributed by atoms with van der Waals surface area (Å²) in [6, 6.07) is 3.21. The van der Waals surface area contributed by atoms with Crippen LogP contribution >= 0.6 is 0 Å². The maximum atomic E-state index is 11.0. The minimum Gasteiger partial charge on any atom is -0.496 e. The van der Waals surface area contributed by atoms with Gasteiger partial charge in [0.15, 0.2) is 0 Å². The van der Waals surface area contributed by atoms with E-state index in [0.29, 0.717) is 22.8 Å². The first-order valence-electron chi connectivity index (χ1n) is 4.94. The van der Waals surface area contributed by atoms with E-state index in [1.807, 2.05) is 0 Å². The van der Waals surface area contributed by atoms with Crippen LogP contribution in [-0.2, 0) is 9.84 Å². The molecule has 5 nitrogen and oxygen atoms in total. The summed E-state index contributed by atoms with van der Waals surface area (Å²) in [4.78, 5) is 0. The van der Waals surface area contributed by atoms with E-state index in [2.05, 4.69) is 11.2 Å². The molecule has 0 saturated carbocycles. The van der Waals surface area contributed by atoms with Crippen molar-refractivity contribution in [2.75, 3.05) is 27.6 Å². The fraction of sp³-hybridized carbons (Fsp3) is 0.333. The van der Waals surface area contributed by atoms with E-state index < -0.39 is 9.84 Å². The van der Waals surface area contributed by atoms with E-state index in [1.165, 1.54) is 21.3 Å². The van der Waals surface area contributed by atoms with Crippen LogP contribution in [0.4, 0.5) is 0 Å². The van der Waals surface area contributed by atoms with Crippen molar-refractivity contribution in [1.29, 1.82) is 0 Å². The Hall–Kier alpha value is -1.87. The van der Waals surface area contributed by atoms with Gasteiger partial charge in [0.05, 0.1) is 27.6 Å². The Morgan fingerprint density at radius 2 is 1.50 bits per heavy atom. The summed E-state index contributed by atoms with van der Waals surface area (Å²) >= 11 is 0. The molecule has 18 heavy (non-hydrogen) atoms. The second kappa shape index (κ2) is 5.65. The zero-order chi connectivity index (χ0) is 13.8. The third-order valence-corrected chi connectivity index (χ3v) is 2.55. The molecule has 0 N–H and O–H groups in total. The zero-order valence-electron chi connectivity index (χ0n) is 10.6. The summed E-state index contributed by atoms with van der Waals surface area (Å²) in [6.07, 6.45) is 1.03. The molecule has 0 fully saturated rings. The highest BCUT2D eigenvalue weighted by Crippen LogP contribution is 2.33. The Morgan fingerprint density at radius 3 is 1.83 bits per heavy atom. The van der Waals surface area contributed by atoms with Crippen molar-refractivity contribution in [1.82, 2.24) is 0 Å². The molecule has 0 aliphatic carbocycles. The lowest BCUT2D eigenvalue weighted by molar-refractivity contribution is 0.374. The molecule has 0 atom stereocenters. The Labute approximate surface area is 107 Å². The van der Waals surface area contributed by atoms with Gasteiger partial charge in [-0.3, -0.25) is 0 Å². The Kier molecular flexibility index (Phi) is 4.45. The lowest BCUT2D eigenvalue weighted by Gasteiger charge is -2.10. The topological polar surface area (TPSA) is 61.8 Å². The molecule has 1 aromatic rings. The molecule has 0 aromatic heterocycles. The molecule has 1 aromatic carbocycles. The Bertz CT molecular complexity index is 568. The monoisotopic (exact) mass is 270 g/mol. The summed E-state index contributed by atoms with van der Waals surface area (Å²) in [6.45, 7) is 0. The van der Waals surface area contributed by atoms with Crippen molar-refractivity contribution < 1.29 is 22.6 Å². The molecule has 0 spiro atoms. The number of hydrogen-bond donors (Lipinski definition) is 0. The SMILES string of the molecule is COc1cc(OC)c(C#CS(C)(=O)=O)c(OC)c1. The number of ether oxygens (including phenoxy) is 3. The van der Waals surface area contributed by atoms with Gasteiger partial charge in [-0.1, -0.05) is 0 Å². The molecule has 0 bridgehead atoms. The van der Waals surface area contributed by atoms with Gasteiger partial charge in [0.25, 0.3) is 0 Å². The maximum Gasteiger partial charge on any atom is 0.214 e. The first kappa shape index (κ1) is 14.2. The highest BCUT2D eigenvalue weighted by atomic mass is 32.2. The van der Waals surface area contributed by atoms with Crippen LogP contribution in [0.25, 0.3) is 0 Å². The maximum absolute atomic E-state index is 11.0. The molecular weight excluding hydrogens is 256 g/mol. The molecule has 0 saturated heterocycles. The average molecular weight is 270 g/mol. The van der Waals surface area contributed by atoms with E-state index in [9.17, 15) is 8.42 Å². The highest BCUT2D eigenvalue weighted by molar-refractivity contribution is 7.95. The van der Waals surface area contributed by atoms with Crippen molar-refractivity contribution in [3.63, 3.8) is 0 Å². The molecule has 6 heteroatoms. The van der Waals surface area contributed by atoms with Gasteiger partial charge in [-0.05, 0) is 5.92 Å². The van der Waals surface area contributed by atoms with Crippen molar-refractivity contribution in [2.24, 2.45) is 0 Å². The number of sulfone groups is 1. The second-order valence-corrected chi connectivity index (χ2v) is 5.15. The molecule has 0 aliphatic heterocycles. The van der Waals surface area contributed by atoms with Crippen molar-refractivity contribution in [3.8, 4) is 28.4 Å². The largest absolute Gasteiger partial charge is 0.496 e. The molecule has 0 radical (unpaired) electrons. The van der Waals surface area contributed by atoms with Crippen LogP contribution in [0.5, 0.6) is 17.2 Å². The third kappa shape index (κ3) is 3.57. The summed E-state index contributed by atoms with van der Waals surface area (Å²) in [5.41, 5.74) is 0.367. The van der Waals surface area contributed by atoms with Gasteiger partial charge in [0.1, 0.15) is 22.8 Å². The van der Waals surface area contributed by atoms with Crippen molar-refractivity contribution in [3.05, 3.63) is 17.7 Å². The first-order valence-corrected chi connectivity index (χ1v) is 6.83. The van der Waals surface area contributed by atoms with E-state index in [1.54, 1.807) is 12.1 Å². The van der Waals surface area contributed by atoms with E-state index in [0.717, 1.165) is 6.26 Å². The summed E-state index contributed by atoms with van der Waals surface area (Å²) < 4.78 is 37.4. The highest BCUT2D eigenvalue weighted by Gasteiger charge is 2.11. The summed E-state index contributed by atoms with van der Waals surface area (Å²) in [5.74, 6) is 3.85. The van der Waals surface area contributed by atoms with Gasteiger partial charge in [-0.2, -0.15) is 0 Å². The predicted octanol–water partition coefficient (Wildman–Crippen LogP) is 1.07. The molecule has 98 valence electrons. The van der Waals surface area contributed by atoms with Crippen LogP contribution < -0.4 is 14.2 Å². The molecular formula is C12H14O5S. The average Bonchev–Trinajstić information content (AvgIpc) is 2.34. The van der Waals surface area contributed by atoms with Crippen molar-refractivity contribution >= 4 is 9.84 Å². The van der Waals surface area contributed by atoms with Crippen LogP contribution in [0.3, 0.4) is 0 Å². The number of hydrogen-bond acceptors (Lipinski definition) is 5. The lowest BCUT2D eigenvalue weighted by atomic mass is 10.1. The number of benzene rings is 1. The zero-order valence-corrected chi connectivity index (χ0v) is 11.4. The van der Waals surface area contributed by atoms with Crippen LogP contribution in [0.15, 0.2) is 12.1 Å². The van der Waals surface area contributed by atoms with Crippen LogP contribution in [0.2, 0.25) is 0 Å². The Balaban J connectivity index is 3.44. The van der Waals surface area contributed by atoms with Crippen LogP contribution in [-0.4, -0.2) is 36.0 Å². The van der Waals surface area contributed by atoms with Crippen LogP contribution in [0.1, 0.15) is 5.56 Å². The second-order valence-electron chi connectivity index (χ2n) is 3.41. The van der Waals surface area contributed by atoms with E-state index in [4.69, 9.17) is 14.2 Å². The predicted molar refractivity (Wildman–Crippen MR) is 67.8 cm³/mol. The van der Waals surface area contributed by atoms with Gasteiger partial charge in [-0.15, -0.1) is 0 Å². The van der Waals surface area contributed by atoms with Crippen LogP contribution in [0, 0.1) is 11.2 Å². The smallest absolute Gasteiger partial charge is 0.214 e. The summed E-state index contributed by atoms with van der Waals surface area (Å²) in [5, 5.41) is 2.15. The van der Waals surface area contributed by atoms with Gasteiger partial charge < -0.3 is 14.2 Å².